The third-order valence-corrected chi connectivity index (χ3v) is 0.247. The molecule has 15 heavy (non-hydrogen) atoms. The van der Waals surface area contributed by atoms with Crippen LogP contribution in [0.25, 0.3) is 0 Å². The number of hydrogen-bond acceptors (Lipinski definition) is 0. The van der Waals surface area contributed by atoms with Crippen molar-refractivity contribution >= 4 is 24.8 Å². The quantitative estimate of drug-likeness (QED) is 0.445. The zero-order valence-corrected chi connectivity index (χ0v) is 9.41. The van der Waals surface area contributed by atoms with Gasteiger partial charge in [-0.25, -0.2) is 13.2 Å². The van der Waals surface area contributed by atoms with E-state index < -0.39 is 12.6 Å². The summed E-state index contributed by atoms with van der Waals surface area (Å²) < 4.78 is 62.9. The van der Waals surface area contributed by atoms with Crippen molar-refractivity contribution in [1.29, 1.82) is 0 Å². The molecule has 0 aromatic carbocycles. The Morgan fingerprint density at radius 2 is 1.20 bits per heavy atom. The highest BCUT2D eigenvalue weighted by atomic mass is 35.5. The average molecular weight is 288 g/mol. The molecule has 0 N–H and O–H groups in total. The fourth-order valence-electron chi connectivity index (χ4n) is 0. The van der Waals surface area contributed by atoms with Gasteiger partial charge in [0.2, 0.25) is 0 Å². The Balaban J connectivity index is -0.0000000230. The van der Waals surface area contributed by atoms with Gasteiger partial charge in [0.25, 0.3) is 0 Å². The van der Waals surface area contributed by atoms with E-state index in [-0.39, 0.29) is 42.8 Å². The van der Waals surface area contributed by atoms with Crippen LogP contribution in [-0.4, -0.2) is 12.6 Å². The number of hydrogen-bond donors (Lipinski definition) is 0. The summed E-state index contributed by atoms with van der Waals surface area (Å²) >= 11 is 0. The third kappa shape index (κ3) is 57.7. The molecule has 0 atom stereocenters. The molecule has 0 saturated heterocycles. The van der Waals surface area contributed by atoms with Gasteiger partial charge in [-0.1, -0.05) is 6.58 Å². The van der Waals surface area contributed by atoms with E-state index in [9.17, 15) is 26.3 Å². The molecule has 0 spiro atoms. The van der Waals surface area contributed by atoms with Crippen molar-refractivity contribution in [2.75, 3.05) is 0 Å². The molecule has 0 unspecified atom stereocenters. The lowest BCUT2D eigenvalue weighted by molar-refractivity contribution is -0.219. The summed E-state index contributed by atoms with van der Waals surface area (Å²) in [4.78, 5) is 0. The summed E-state index contributed by atoms with van der Waals surface area (Å²) in [5.41, 5.74) is 0. The van der Waals surface area contributed by atoms with Crippen molar-refractivity contribution < 1.29 is 31.0 Å². The summed E-state index contributed by atoms with van der Waals surface area (Å²) in [6.45, 7) is 4.19. The normalized spacial score (nSPS) is 7.73. The zero-order valence-electron chi connectivity index (χ0n) is 7.78. The Morgan fingerprint density at radius 3 is 1.20 bits per heavy atom. The van der Waals surface area contributed by atoms with Crippen LogP contribution in [0.3, 0.4) is 0 Å². The lowest BCUT2D eigenvalue weighted by atomic mass is 10.7. The standard InChI is InChI=1S/C3H5F.C2HF5.CH3.2ClH.FH/c1-3(2)4;3-1(4)2(5,6)7;;;;/h1H2,2H3;1H;1H3;3*1H/q;;+1;;;. The molecular weight excluding hydrogens is 276 g/mol. The van der Waals surface area contributed by atoms with Gasteiger partial charge < -0.3 is 0 Å². The molecule has 0 aliphatic rings. The summed E-state index contributed by atoms with van der Waals surface area (Å²) in [7, 11) is 0. The maximum Gasteiger partial charge on any atom is 0.450 e. The summed E-state index contributed by atoms with van der Waals surface area (Å²) in [5, 5.41) is 0. The first kappa shape index (κ1) is 36.5. The molecule has 0 aliphatic carbocycles. The van der Waals surface area contributed by atoms with Gasteiger partial charge in [-0.15, -0.1) is 24.8 Å². The van der Waals surface area contributed by atoms with E-state index in [4.69, 9.17) is 0 Å². The van der Waals surface area contributed by atoms with Gasteiger partial charge in [-0.2, -0.15) is 13.2 Å². The third-order valence-electron chi connectivity index (χ3n) is 0.247. The van der Waals surface area contributed by atoms with Crippen molar-refractivity contribution in [3.63, 3.8) is 0 Å². The summed E-state index contributed by atoms with van der Waals surface area (Å²) in [6.07, 6.45) is -9.53. The van der Waals surface area contributed by atoms with E-state index in [0.717, 1.165) is 0 Å². The second-order valence-electron chi connectivity index (χ2n) is 1.52. The Kier molecular flexibility index (Phi) is 39.2. The zero-order chi connectivity index (χ0) is 9.65. The molecule has 0 aliphatic heterocycles. The molecule has 0 radical (unpaired) electrons. The Labute approximate surface area is 95.9 Å². The molecule has 0 amide bonds. The van der Waals surface area contributed by atoms with E-state index in [2.05, 4.69) is 6.58 Å². The first-order valence-electron chi connectivity index (χ1n) is 2.33. The first-order chi connectivity index (χ1) is 4.68. The number of halogens is 9. The number of rotatable bonds is 0. The van der Waals surface area contributed by atoms with Crippen LogP contribution in [0.15, 0.2) is 12.4 Å². The molecule has 0 aromatic heterocycles. The van der Waals surface area contributed by atoms with Gasteiger partial charge >= 0.3 is 12.6 Å². The molecule has 0 aromatic rings. The fourth-order valence-corrected chi connectivity index (χ4v) is 0. The minimum Gasteiger partial charge on any atom is -0.269 e. The highest BCUT2D eigenvalue weighted by Gasteiger charge is 2.40. The Morgan fingerprint density at radius 1 is 1.13 bits per heavy atom. The average Bonchev–Trinajstić information content (AvgIpc) is 1.59. The SMILES string of the molecule is C=C(C)F.Cl.Cl.F.FC(F)C(F)(F)F.[CH3+]. The Hall–Kier alpha value is -0.300. The van der Waals surface area contributed by atoms with Gasteiger partial charge in [0.15, 0.2) is 0 Å². The predicted octanol–water partition coefficient (Wildman–Crippen LogP) is 4.75. The van der Waals surface area contributed by atoms with Crippen LogP contribution in [0.5, 0.6) is 0 Å². The van der Waals surface area contributed by atoms with E-state index in [1.54, 1.807) is 0 Å². The summed E-state index contributed by atoms with van der Waals surface area (Å²) in [6, 6.07) is 0. The highest BCUT2D eigenvalue weighted by Crippen LogP contribution is 2.22. The van der Waals surface area contributed by atoms with Crippen molar-refractivity contribution in [2.45, 2.75) is 19.5 Å². The molecule has 9 heteroatoms. The maximum absolute atomic E-state index is 10.8. The largest absolute Gasteiger partial charge is 0.450 e. The van der Waals surface area contributed by atoms with Crippen LogP contribution < -0.4 is 0 Å². The summed E-state index contributed by atoms with van der Waals surface area (Å²) in [5.74, 6) is -0.333. The van der Waals surface area contributed by atoms with Crippen LogP contribution in [0.4, 0.5) is 31.0 Å². The minimum atomic E-state index is -5.33. The van der Waals surface area contributed by atoms with E-state index in [1.807, 2.05) is 0 Å². The van der Waals surface area contributed by atoms with Gasteiger partial charge in [0.05, 0.1) is 5.83 Å². The topological polar surface area (TPSA) is 0 Å². The van der Waals surface area contributed by atoms with Gasteiger partial charge in [0.1, 0.15) is 0 Å². The number of allylic oxidation sites excluding steroid dienone is 1. The lowest BCUT2D eigenvalue weighted by Crippen LogP contribution is -2.18. The first-order valence-corrected chi connectivity index (χ1v) is 2.33. The molecular formula is C6H12Cl2F7+. The van der Waals surface area contributed by atoms with E-state index in [0.29, 0.717) is 0 Å². The van der Waals surface area contributed by atoms with Crippen LogP contribution in [-0.2, 0) is 0 Å². The van der Waals surface area contributed by atoms with Crippen LogP contribution in [0.2, 0.25) is 0 Å². The van der Waals surface area contributed by atoms with Crippen LogP contribution in [0, 0.1) is 7.43 Å². The molecule has 0 fully saturated rings. The molecule has 98 valence electrons. The van der Waals surface area contributed by atoms with E-state index in [1.165, 1.54) is 6.92 Å². The monoisotopic (exact) mass is 287 g/mol. The minimum absolute atomic E-state index is 0. The van der Waals surface area contributed by atoms with Crippen molar-refractivity contribution in [3.05, 3.63) is 19.8 Å². The van der Waals surface area contributed by atoms with Crippen molar-refractivity contribution in [1.82, 2.24) is 0 Å². The number of alkyl halides is 5. The molecule has 0 nitrogen and oxygen atoms in total. The molecule has 0 saturated carbocycles. The van der Waals surface area contributed by atoms with Gasteiger partial charge in [-0.3, -0.25) is 4.70 Å². The molecule has 0 heterocycles. The van der Waals surface area contributed by atoms with Gasteiger partial charge in [0, 0.05) is 7.43 Å². The van der Waals surface area contributed by atoms with Crippen LogP contribution in [0.1, 0.15) is 6.92 Å². The lowest BCUT2D eigenvalue weighted by Gasteiger charge is -2.00. The molecule has 0 bridgehead atoms. The second-order valence-corrected chi connectivity index (χ2v) is 1.52. The van der Waals surface area contributed by atoms with E-state index >= 15 is 0 Å². The Bertz CT molecular complexity index is 119. The molecule has 0 rings (SSSR count). The predicted molar refractivity (Wildman–Crippen MR) is 51.4 cm³/mol. The highest BCUT2D eigenvalue weighted by molar-refractivity contribution is 5.85. The van der Waals surface area contributed by atoms with Crippen molar-refractivity contribution in [3.8, 4) is 0 Å². The second kappa shape index (κ2) is 16.1. The fraction of sp³-hybridized carbons (Fsp3) is 0.500. The van der Waals surface area contributed by atoms with Crippen molar-refractivity contribution in [2.24, 2.45) is 0 Å². The smallest absolute Gasteiger partial charge is 0.269 e. The maximum atomic E-state index is 10.8. The van der Waals surface area contributed by atoms with Gasteiger partial charge in [-0.05, 0) is 6.92 Å². The van der Waals surface area contributed by atoms with Crippen LogP contribution >= 0.6 is 24.8 Å².